The van der Waals surface area contributed by atoms with E-state index in [4.69, 9.17) is 0 Å². The first-order chi connectivity index (χ1) is 12.5. The Kier molecular flexibility index (Phi) is 3.84. The number of hydrogen-bond acceptors (Lipinski definition) is 4. The second-order valence-electron chi connectivity index (χ2n) is 6.23. The molecule has 3 aromatic heterocycles. The van der Waals surface area contributed by atoms with Gasteiger partial charge in [-0.25, -0.2) is 14.2 Å². The van der Waals surface area contributed by atoms with Gasteiger partial charge in [0.1, 0.15) is 5.82 Å². The maximum absolute atomic E-state index is 13.8. The fourth-order valence-corrected chi connectivity index (χ4v) is 3.07. The van der Waals surface area contributed by atoms with Crippen LogP contribution in [0.15, 0.2) is 53.6 Å². The third kappa shape index (κ3) is 2.77. The highest BCUT2D eigenvalue weighted by Crippen LogP contribution is 2.24. The quantitative estimate of drug-likeness (QED) is 0.570. The van der Waals surface area contributed by atoms with Crippen LogP contribution in [0.3, 0.4) is 0 Å². The van der Waals surface area contributed by atoms with Gasteiger partial charge in [0.25, 0.3) is 0 Å². The number of aryl methyl sites for hydroxylation is 2. The standard InChI is InChI=1S/C19H16FN5O/c1-12-6-13(8-15(20)7-12)14-9-17-18(21-10-14)24(2)19(26)25(17)11-16-4-3-5-22-23-16/h3-10H,11H2,1-2H3. The first kappa shape index (κ1) is 16.1. The van der Waals surface area contributed by atoms with Crippen molar-refractivity contribution < 1.29 is 4.39 Å². The highest BCUT2D eigenvalue weighted by atomic mass is 19.1. The highest BCUT2D eigenvalue weighted by molar-refractivity contribution is 5.79. The van der Waals surface area contributed by atoms with Crippen molar-refractivity contribution in [3.63, 3.8) is 0 Å². The van der Waals surface area contributed by atoms with Crippen LogP contribution in [0.5, 0.6) is 0 Å². The number of hydrogen-bond donors (Lipinski definition) is 0. The molecular weight excluding hydrogens is 333 g/mol. The largest absolute Gasteiger partial charge is 0.330 e. The van der Waals surface area contributed by atoms with Gasteiger partial charge >= 0.3 is 5.69 Å². The van der Waals surface area contributed by atoms with Gasteiger partial charge in [-0.1, -0.05) is 6.07 Å². The summed E-state index contributed by atoms with van der Waals surface area (Å²) < 4.78 is 16.9. The maximum Gasteiger partial charge on any atom is 0.330 e. The molecule has 0 amide bonds. The molecule has 0 spiro atoms. The minimum absolute atomic E-state index is 0.189. The molecule has 0 N–H and O–H groups in total. The van der Waals surface area contributed by atoms with Crippen LogP contribution in [0.25, 0.3) is 22.3 Å². The summed E-state index contributed by atoms with van der Waals surface area (Å²) in [5, 5.41) is 7.90. The molecular formula is C19H16FN5O. The minimum atomic E-state index is -0.301. The zero-order valence-electron chi connectivity index (χ0n) is 14.3. The molecule has 26 heavy (non-hydrogen) atoms. The predicted molar refractivity (Wildman–Crippen MR) is 96.2 cm³/mol. The first-order valence-corrected chi connectivity index (χ1v) is 8.12. The molecule has 0 radical (unpaired) electrons. The van der Waals surface area contributed by atoms with Crippen molar-refractivity contribution in [2.45, 2.75) is 13.5 Å². The second kappa shape index (κ2) is 6.18. The van der Waals surface area contributed by atoms with Crippen LogP contribution in [0.2, 0.25) is 0 Å². The molecule has 0 unspecified atom stereocenters. The molecule has 1 aromatic carbocycles. The van der Waals surface area contributed by atoms with Gasteiger partial charge in [-0.2, -0.15) is 10.2 Å². The third-order valence-electron chi connectivity index (χ3n) is 4.30. The molecule has 0 aliphatic heterocycles. The van der Waals surface area contributed by atoms with E-state index in [0.29, 0.717) is 16.9 Å². The maximum atomic E-state index is 13.8. The summed E-state index contributed by atoms with van der Waals surface area (Å²) in [5.41, 5.74) is 4.01. The van der Waals surface area contributed by atoms with Gasteiger partial charge in [0.2, 0.25) is 0 Å². The van der Waals surface area contributed by atoms with Crippen LogP contribution in [0.4, 0.5) is 4.39 Å². The van der Waals surface area contributed by atoms with Gasteiger partial charge in [0.05, 0.1) is 17.8 Å². The smallest absolute Gasteiger partial charge is 0.284 e. The van der Waals surface area contributed by atoms with Gasteiger partial charge in [-0.15, -0.1) is 0 Å². The van der Waals surface area contributed by atoms with Crippen LogP contribution in [-0.4, -0.2) is 24.3 Å². The van der Waals surface area contributed by atoms with Gasteiger partial charge in [-0.05, 0) is 48.4 Å². The van der Waals surface area contributed by atoms with E-state index in [0.717, 1.165) is 16.7 Å². The van der Waals surface area contributed by atoms with Crippen LogP contribution < -0.4 is 5.69 Å². The second-order valence-corrected chi connectivity index (χ2v) is 6.23. The molecule has 3 heterocycles. The van der Waals surface area contributed by atoms with Crippen molar-refractivity contribution in [1.82, 2.24) is 24.3 Å². The third-order valence-corrected chi connectivity index (χ3v) is 4.30. The zero-order chi connectivity index (χ0) is 18.3. The fraction of sp³-hybridized carbons (Fsp3) is 0.158. The van der Waals surface area contributed by atoms with Gasteiger partial charge < -0.3 is 0 Å². The van der Waals surface area contributed by atoms with E-state index in [-0.39, 0.29) is 18.1 Å². The van der Waals surface area contributed by atoms with E-state index < -0.39 is 0 Å². The molecule has 4 rings (SSSR count). The summed E-state index contributed by atoms with van der Waals surface area (Å²) in [7, 11) is 1.68. The number of benzene rings is 1. The van der Waals surface area contributed by atoms with E-state index in [2.05, 4.69) is 15.2 Å². The van der Waals surface area contributed by atoms with E-state index in [1.165, 1.54) is 16.7 Å². The molecule has 0 fully saturated rings. The summed E-state index contributed by atoms with van der Waals surface area (Å²) in [6, 6.07) is 10.3. The van der Waals surface area contributed by atoms with Crippen molar-refractivity contribution in [2.75, 3.05) is 0 Å². The summed E-state index contributed by atoms with van der Waals surface area (Å²) in [6.07, 6.45) is 3.24. The molecule has 0 saturated heterocycles. The molecule has 4 aromatic rings. The molecule has 0 saturated carbocycles. The Balaban J connectivity index is 1.89. The summed E-state index contributed by atoms with van der Waals surface area (Å²) in [4.78, 5) is 17.0. The lowest BCUT2D eigenvalue weighted by Gasteiger charge is -2.06. The Morgan fingerprint density at radius 2 is 2.00 bits per heavy atom. The number of fused-ring (bicyclic) bond motifs is 1. The van der Waals surface area contributed by atoms with Gasteiger partial charge in [0.15, 0.2) is 5.65 Å². The highest BCUT2D eigenvalue weighted by Gasteiger charge is 2.14. The summed E-state index contributed by atoms with van der Waals surface area (Å²) >= 11 is 0. The monoisotopic (exact) mass is 349 g/mol. The Labute approximate surface area is 148 Å². The van der Waals surface area contributed by atoms with Crippen LogP contribution >= 0.6 is 0 Å². The molecule has 0 atom stereocenters. The number of rotatable bonds is 3. The van der Waals surface area contributed by atoms with Crippen LogP contribution in [0, 0.1) is 12.7 Å². The topological polar surface area (TPSA) is 65.6 Å². The summed E-state index contributed by atoms with van der Waals surface area (Å²) in [5.74, 6) is -0.301. The molecule has 0 aliphatic rings. The SMILES string of the molecule is Cc1cc(F)cc(-c2cnc3c(c2)n(Cc2cccnn2)c(=O)n3C)c1. The lowest BCUT2D eigenvalue weighted by Crippen LogP contribution is -2.23. The summed E-state index contributed by atoms with van der Waals surface area (Å²) in [6.45, 7) is 2.13. The van der Waals surface area contributed by atoms with Gasteiger partial charge in [-0.3, -0.25) is 9.13 Å². The Hall–Kier alpha value is -3.35. The molecule has 7 heteroatoms. The lowest BCUT2D eigenvalue weighted by molar-refractivity contribution is 0.627. The lowest BCUT2D eigenvalue weighted by atomic mass is 10.0. The predicted octanol–water partition coefficient (Wildman–Crippen LogP) is 2.69. The van der Waals surface area contributed by atoms with Crippen molar-refractivity contribution in [2.24, 2.45) is 7.05 Å². The van der Waals surface area contributed by atoms with Crippen molar-refractivity contribution in [1.29, 1.82) is 0 Å². The van der Waals surface area contributed by atoms with Crippen LogP contribution in [0.1, 0.15) is 11.3 Å². The van der Waals surface area contributed by atoms with E-state index >= 15 is 0 Å². The first-order valence-electron chi connectivity index (χ1n) is 8.12. The number of pyridine rings is 1. The van der Waals surface area contributed by atoms with Crippen LogP contribution in [-0.2, 0) is 13.6 Å². The number of aromatic nitrogens is 5. The number of nitrogens with zero attached hydrogens (tertiary/aromatic N) is 5. The molecule has 6 nitrogen and oxygen atoms in total. The van der Waals surface area contributed by atoms with Crippen molar-refractivity contribution >= 4 is 11.2 Å². The molecule has 0 aliphatic carbocycles. The molecule has 130 valence electrons. The fourth-order valence-electron chi connectivity index (χ4n) is 3.07. The Bertz CT molecular complexity index is 1140. The average Bonchev–Trinajstić information content (AvgIpc) is 2.86. The Morgan fingerprint density at radius 1 is 1.15 bits per heavy atom. The normalized spacial score (nSPS) is 11.2. The minimum Gasteiger partial charge on any atom is -0.284 e. The van der Waals surface area contributed by atoms with Gasteiger partial charge in [0, 0.05) is 25.0 Å². The number of halogens is 1. The van der Waals surface area contributed by atoms with Crippen molar-refractivity contribution in [3.05, 3.63) is 76.4 Å². The van der Waals surface area contributed by atoms with E-state index in [9.17, 15) is 9.18 Å². The van der Waals surface area contributed by atoms with E-state index in [1.807, 2.05) is 25.1 Å². The zero-order valence-corrected chi connectivity index (χ0v) is 14.3. The van der Waals surface area contributed by atoms with Crippen molar-refractivity contribution in [3.8, 4) is 11.1 Å². The van der Waals surface area contributed by atoms with E-state index in [1.54, 1.807) is 30.1 Å². The average molecular weight is 349 g/mol. The molecule has 0 bridgehead atoms. The number of imidazole rings is 1. The Morgan fingerprint density at radius 3 is 2.73 bits per heavy atom.